The Balaban J connectivity index is 0.00000121. The average Bonchev–Trinajstić information content (AvgIpc) is 2.03. The Kier molecular flexibility index (Phi) is 6.49. The van der Waals surface area contributed by atoms with E-state index in [1.165, 1.54) is 37.0 Å². The van der Waals surface area contributed by atoms with Crippen molar-refractivity contribution in [2.75, 3.05) is 39.9 Å². The summed E-state index contributed by atoms with van der Waals surface area (Å²) >= 11 is 0. The number of halogens is 1. The summed E-state index contributed by atoms with van der Waals surface area (Å²) < 4.78 is 6.56. The first-order chi connectivity index (χ1) is 5.27. The molecule has 0 aromatic heterocycles. The lowest BCUT2D eigenvalue weighted by atomic mass is 10.2. The summed E-state index contributed by atoms with van der Waals surface area (Å²) in [4.78, 5) is 0. The fourth-order valence-corrected chi connectivity index (χ4v) is 1.55. The first-order valence-corrected chi connectivity index (χ1v) is 4.68. The molecule has 1 aliphatic heterocycles. The third-order valence-electron chi connectivity index (χ3n) is 2.60. The van der Waals surface area contributed by atoms with Gasteiger partial charge in [-0.1, -0.05) is 13.3 Å². The minimum Gasteiger partial charge on any atom is -1.00 e. The van der Waals surface area contributed by atoms with Crippen LogP contribution in [-0.4, -0.2) is 44.4 Å². The maximum absolute atomic E-state index is 5.33. The second-order valence-electron chi connectivity index (χ2n) is 3.76. The van der Waals surface area contributed by atoms with Crippen LogP contribution in [0, 0.1) is 0 Å². The predicted octanol–water partition coefficient (Wildman–Crippen LogP) is -1.73. The molecule has 74 valence electrons. The van der Waals surface area contributed by atoms with Gasteiger partial charge in [0.05, 0.1) is 26.8 Å². The highest BCUT2D eigenvalue weighted by Gasteiger charge is 2.23. The van der Waals surface area contributed by atoms with Crippen molar-refractivity contribution in [3.05, 3.63) is 0 Å². The Morgan fingerprint density at radius 3 is 2.33 bits per heavy atom. The van der Waals surface area contributed by atoms with E-state index in [4.69, 9.17) is 4.74 Å². The molecule has 0 amide bonds. The van der Waals surface area contributed by atoms with Gasteiger partial charge in [0.2, 0.25) is 0 Å². The SMILES string of the molecule is CCCC[N+]1(C)CCOCC1.[I-]. The van der Waals surface area contributed by atoms with Crippen molar-refractivity contribution in [1.29, 1.82) is 0 Å². The molecule has 0 spiro atoms. The lowest BCUT2D eigenvalue weighted by molar-refractivity contribution is -0.917. The molecule has 1 rings (SSSR count). The molecule has 0 unspecified atom stereocenters. The largest absolute Gasteiger partial charge is 1.00 e. The van der Waals surface area contributed by atoms with Crippen molar-refractivity contribution in [3.63, 3.8) is 0 Å². The number of unbranched alkanes of at least 4 members (excludes halogenated alkanes) is 1. The van der Waals surface area contributed by atoms with Gasteiger partial charge >= 0.3 is 0 Å². The smallest absolute Gasteiger partial charge is 0.102 e. The van der Waals surface area contributed by atoms with E-state index in [0.29, 0.717) is 0 Å². The zero-order valence-corrected chi connectivity index (χ0v) is 10.3. The number of quaternary nitrogens is 1. The third kappa shape index (κ3) is 4.05. The molecule has 1 saturated heterocycles. The minimum absolute atomic E-state index is 0. The van der Waals surface area contributed by atoms with Crippen molar-refractivity contribution in [2.45, 2.75) is 19.8 Å². The van der Waals surface area contributed by atoms with Crippen molar-refractivity contribution in [2.24, 2.45) is 0 Å². The number of rotatable bonds is 3. The number of morpholine rings is 1. The van der Waals surface area contributed by atoms with E-state index in [2.05, 4.69) is 14.0 Å². The van der Waals surface area contributed by atoms with Gasteiger partial charge in [0.25, 0.3) is 0 Å². The zero-order chi connectivity index (χ0) is 8.16. The van der Waals surface area contributed by atoms with Gasteiger partial charge in [0.1, 0.15) is 13.1 Å². The van der Waals surface area contributed by atoms with Crippen LogP contribution in [0.1, 0.15) is 19.8 Å². The van der Waals surface area contributed by atoms with E-state index in [9.17, 15) is 0 Å². The molecule has 3 heteroatoms. The molecule has 0 bridgehead atoms. The summed E-state index contributed by atoms with van der Waals surface area (Å²) in [5.41, 5.74) is 0. The van der Waals surface area contributed by atoms with Crippen LogP contribution in [0.15, 0.2) is 0 Å². The summed E-state index contributed by atoms with van der Waals surface area (Å²) in [6.45, 7) is 7.92. The third-order valence-corrected chi connectivity index (χ3v) is 2.60. The second-order valence-corrected chi connectivity index (χ2v) is 3.76. The van der Waals surface area contributed by atoms with Gasteiger partial charge < -0.3 is 33.2 Å². The Hall–Kier alpha value is 0.650. The van der Waals surface area contributed by atoms with Crippen molar-refractivity contribution >= 4 is 0 Å². The van der Waals surface area contributed by atoms with Crippen LogP contribution in [-0.2, 0) is 4.74 Å². The molecular weight excluding hydrogens is 265 g/mol. The van der Waals surface area contributed by atoms with E-state index >= 15 is 0 Å². The first-order valence-electron chi connectivity index (χ1n) is 4.68. The summed E-state index contributed by atoms with van der Waals surface area (Å²) in [6, 6.07) is 0. The lowest BCUT2D eigenvalue weighted by Gasteiger charge is -2.37. The molecule has 2 nitrogen and oxygen atoms in total. The fraction of sp³-hybridized carbons (Fsp3) is 1.00. The van der Waals surface area contributed by atoms with Crippen LogP contribution in [0.2, 0.25) is 0 Å². The molecule has 0 atom stereocenters. The fourth-order valence-electron chi connectivity index (χ4n) is 1.55. The first kappa shape index (κ1) is 12.7. The zero-order valence-electron chi connectivity index (χ0n) is 8.18. The van der Waals surface area contributed by atoms with Crippen molar-refractivity contribution in [1.82, 2.24) is 0 Å². The number of likely N-dealkylation sites (N-methyl/N-ethyl adjacent to an activating group) is 1. The lowest BCUT2D eigenvalue weighted by Crippen LogP contribution is -3.00. The summed E-state index contributed by atoms with van der Waals surface area (Å²) in [6.07, 6.45) is 2.67. The molecule has 0 aromatic carbocycles. The van der Waals surface area contributed by atoms with Crippen LogP contribution >= 0.6 is 0 Å². The van der Waals surface area contributed by atoms with Crippen molar-refractivity contribution in [3.8, 4) is 0 Å². The van der Waals surface area contributed by atoms with E-state index in [1.54, 1.807) is 0 Å². The molecule has 12 heavy (non-hydrogen) atoms. The summed E-state index contributed by atoms with van der Waals surface area (Å²) in [5, 5.41) is 0. The molecule has 0 aromatic rings. The second kappa shape index (κ2) is 6.16. The van der Waals surface area contributed by atoms with E-state index in [0.717, 1.165) is 13.2 Å². The van der Waals surface area contributed by atoms with E-state index in [-0.39, 0.29) is 24.0 Å². The molecule has 1 aliphatic rings. The molecular formula is C9H20INO. The van der Waals surface area contributed by atoms with Crippen molar-refractivity contribution < 1.29 is 33.2 Å². The minimum atomic E-state index is 0. The monoisotopic (exact) mass is 285 g/mol. The van der Waals surface area contributed by atoms with Gasteiger partial charge in [-0.25, -0.2) is 0 Å². The van der Waals surface area contributed by atoms with Crippen LogP contribution in [0.4, 0.5) is 0 Å². The van der Waals surface area contributed by atoms with Gasteiger partial charge in [-0.3, -0.25) is 0 Å². The Labute approximate surface area is 92.9 Å². The highest BCUT2D eigenvalue weighted by atomic mass is 127. The molecule has 0 saturated carbocycles. The number of ether oxygens (including phenoxy) is 1. The van der Waals surface area contributed by atoms with Crippen LogP contribution in [0.3, 0.4) is 0 Å². The van der Waals surface area contributed by atoms with Gasteiger partial charge in [-0.2, -0.15) is 0 Å². The van der Waals surface area contributed by atoms with Crippen LogP contribution in [0.25, 0.3) is 0 Å². The normalized spacial score (nSPS) is 21.5. The molecule has 0 N–H and O–H groups in total. The molecule has 0 radical (unpaired) electrons. The van der Waals surface area contributed by atoms with E-state index in [1.807, 2.05) is 0 Å². The Morgan fingerprint density at radius 1 is 1.25 bits per heavy atom. The highest BCUT2D eigenvalue weighted by Crippen LogP contribution is 2.08. The number of hydrogen-bond acceptors (Lipinski definition) is 1. The summed E-state index contributed by atoms with van der Waals surface area (Å²) in [7, 11) is 2.35. The maximum atomic E-state index is 5.33. The van der Waals surface area contributed by atoms with Gasteiger partial charge in [0, 0.05) is 0 Å². The molecule has 0 aliphatic carbocycles. The standard InChI is InChI=1S/C9H20NO.HI/c1-3-4-5-10(2)6-8-11-9-7-10;/h3-9H2,1-2H3;1H/q+1;/p-1. The maximum Gasteiger partial charge on any atom is 0.102 e. The van der Waals surface area contributed by atoms with Gasteiger partial charge in [-0.15, -0.1) is 0 Å². The highest BCUT2D eigenvalue weighted by molar-refractivity contribution is 4.46. The topological polar surface area (TPSA) is 9.23 Å². The molecule has 1 fully saturated rings. The van der Waals surface area contributed by atoms with Gasteiger partial charge in [-0.05, 0) is 6.42 Å². The molecule has 1 heterocycles. The average molecular weight is 285 g/mol. The number of nitrogens with zero attached hydrogens (tertiary/aromatic N) is 1. The van der Waals surface area contributed by atoms with Gasteiger partial charge in [0.15, 0.2) is 0 Å². The predicted molar refractivity (Wildman–Crippen MR) is 46.5 cm³/mol. The van der Waals surface area contributed by atoms with E-state index < -0.39 is 0 Å². The van der Waals surface area contributed by atoms with Crippen LogP contribution in [0.5, 0.6) is 0 Å². The Morgan fingerprint density at radius 2 is 1.83 bits per heavy atom. The quantitative estimate of drug-likeness (QED) is 0.442. The van der Waals surface area contributed by atoms with Crippen LogP contribution < -0.4 is 24.0 Å². The number of hydrogen-bond donors (Lipinski definition) is 0. The summed E-state index contributed by atoms with van der Waals surface area (Å²) in [5.74, 6) is 0. The Bertz CT molecular complexity index is 113.